The van der Waals surface area contributed by atoms with Crippen LogP contribution in [0.3, 0.4) is 0 Å². The lowest BCUT2D eigenvalue weighted by Crippen LogP contribution is -2.06. The lowest BCUT2D eigenvalue weighted by atomic mass is 9.93. The Hall–Kier alpha value is -2.12. The zero-order valence-electron chi connectivity index (χ0n) is 11.8. The summed E-state index contributed by atoms with van der Waals surface area (Å²) in [6.45, 7) is 1.99. The maximum Gasteiger partial charge on any atom is 0.168 e. The van der Waals surface area contributed by atoms with Crippen LogP contribution in [0.2, 0.25) is 5.02 Å². The molecule has 0 saturated carbocycles. The SMILES string of the molecule is Cc1ccc2ccccc2c1C(=O)Cc1ccc(Cl)cc1. The molecule has 3 aromatic rings. The van der Waals surface area contributed by atoms with Crippen LogP contribution in [-0.4, -0.2) is 5.78 Å². The summed E-state index contributed by atoms with van der Waals surface area (Å²) < 4.78 is 0. The molecule has 104 valence electrons. The summed E-state index contributed by atoms with van der Waals surface area (Å²) in [6.07, 6.45) is 0.395. The molecule has 0 spiro atoms. The van der Waals surface area contributed by atoms with Gasteiger partial charge in [0.05, 0.1) is 0 Å². The van der Waals surface area contributed by atoms with Gasteiger partial charge in [0, 0.05) is 17.0 Å². The van der Waals surface area contributed by atoms with Crippen molar-refractivity contribution in [1.82, 2.24) is 0 Å². The summed E-state index contributed by atoms with van der Waals surface area (Å²) in [5.74, 6) is 0.145. The predicted molar refractivity (Wildman–Crippen MR) is 88.2 cm³/mol. The Labute approximate surface area is 129 Å². The molecule has 0 heterocycles. The number of fused-ring (bicyclic) bond motifs is 1. The molecule has 0 atom stereocenters. The van der Waals surface area contributed by atoms with Crippen LogP contribution in [0.4, 0.5) is 0 Å². The van der Waals surface area contributed by atoms with E-state index in [4.69, 9.17) is 11.6 Å². The molecule has 21 heavy (non-hydrogen) atoms. The number of Topliss-reactive ketones (excluding diaryl/α,β-unsaturated/α-hetero) is 1. The Morgan fingerprint density at radius 3 is 2.43 bits per heavy atom. The highest BCUT2D eigenvalue weighted by Crippen LogP contribution is 2.24. The second-order valence-corrected chi connectivity index (χ2v) is 5.64. The van der Waals surface area contributed by atoms with Crippen LogP contribution in [-0.2, 0) is 6.42 Å². The normalized spacial score (nSPS) is 10.8. The van der Waals surface area contributed by atoms with Gasteiger partial charge in [-0.25, -0.2) is 0 Å². The Morgan fingerprint density at radius 1 is 0.952 bits per heavy atom. The largest absolute Gasteiger partial charge is 0.294 e. The van der Waals surface area contributed by atoms with E-state index in [9.17, 15) is 4.79 Å². The number of carbonyl (C=O) groups is 1. The Kier molecular flexibility index (Phi) is 3.76. The number of aryl methyl sites for hydroxylation is 1. The quantitative estimate of drug-likeness (QED) is 0.605. The third-order valence-electron chi connectivity index (χ3n) is 3.69. The Bertz CT molecular complexity index is 803. The van der Waals surface area contributed by atoms with Gasteiger partial charge in [-0.1, -0.05) is 60.1 Å². The first-order valence-electron chi connectivity index (χ1n) is 6.91. The number of hydrogen-bond acceptors (Lipinski definition) is 1. The Morgan fingerprint density at radius 2 is 1.67 bits per heavy atom. The smallest absolute Gasteiger partial charge is 0.168 e. The monoisotopic (exact) mass is 294 g/mol. The van der Waals surface area contributed by atoms with Crippen LogP contribution in [0.25, 0.3) is 10.8 Å². The highest BCUT2D eigenvalue weighted by atomic mass is 35.5. The molecular weight excluding hydrogens is 280 g/mol. The first kappa shape index (κ1) is 13.8. The number of hydrogen-bond donors (Lipinski definition) is 0. The lowest BCUT2D eigenvalue weighted by molar-refractivity contribution is 0.0994. The minimum Gasteiger partial charge on any atom is -0.294 e. The molecular formula is C19H15ClO. The van der Waals surface area contributed by atoms with Gasteiger partial charge in [0.2, 0.25) is 0 Å². The maximum atomic E-state index is 12.7. The van der Waals surface area contributed by atoms with E-state index < -0.39 is 0 Å². The van der Waals surface area contributed by atoms with Crippen molar-refractivity contribution in [3.8, 4) is 0 Å². The van der Waals surface area contributed by atoms with Gasteiger partial charge in [-0.2, -0.15) is 0 Å². The van der Waals surface area contributed by atoms with E-state index in [1.807, 2.05) is 61.5 Å². The van der Waals surface area contributed by atoms with Crippen molar-refractivity contribution < 1.29 is 4.79 Å². The fourth-order valence-corrected chi connectivity index (χ4v) is 2.75. The molecule has 0 aliphatic heterocycles. The molecule has 0 N–H and O–H groups in total. The van der Waals surface area contributed by atoms with Gasteiger partial charge in [0.15, 0.2) is 5.78 Å². The van der Waals surface area contributed by atoms with Gasteiger partial charge in [-0.15, -0.1) is 0 Å². The average molecular weight is 295 g/mol. The van der Waals surface area contributed by atoms with Crippen LogP contribution in [0.1, 0.15) is 21.5 Å². The summed E-state index contributed by atoms with van der Waals surface area (Å²) in [7, 11) is 0. The van der Waals surface area contributed by atoms with Crippen LogP contribution >= 0.6 is 11.6 Å². The molecule has 0 unspecified atom stereocenters. The molecule has 0 aliphatic carbocycles. The molecule has 3 rings (SSSR count). The molecule has 0 aliphatic rings. The highest BCUT2D eigenvalue weighted by molar-refractivity contribution is 6.30. The maximum absolute atomic E-state index is 12.7. The highest BCUT2D eigenvalue weighted by Gasteiger charge is 2.13. The standard InChI is InChI=1S/C19H15ClO/c1-13-6-9-15-4-2-3-5-17(15)19(13)18(21)12-14-7-10-16(20)11-8-14/h2-11H,12H2,1H3. The van der Waals surface area contributed by atoms with Gasteiger partial charge >= 0.3 is 0 Å². The van der Waals surface area contributed by atoms with Crippen LogP contribution in [0.5, 0.6) is 0 Å². The van der Waals surface area contributed by atoms with Gasteiger partial charge < -0.3 is 0 Å². The van der Waals surface area contributed by atoms with Gasteiger partial charge in [-0.05, 0) is 41.0 Å². The van der Waals surface area contributed by atoms with Gasteiger partial charge in [-0.3, -0.25) is 4.79 Å². The van der Waals surface area contributed by atoms with Crippen molar-refractivity contribution in [1.29, 1.82) is 0 Å². The Balaban J connectivity index is 2.01. The number of halogens is 1. The fourth-order valence-electron chi connectivity index (χ4n) is 2.63. The van der Waals surface area contributed by atoms with E-state index in [1.165, 1.54) is 0 Å². The summed E-state index contributed by atoms with van der Waals surface area (Å²) in [6, 6.07) is 19.5. The molecule has 3 aromatic carbocycles. The third kappa shape index (κ3) is 2.84. The van der Waals surface area contributed by atoms with Gasteiger partial charge in [0.25, 0.3) is 0 Å². The number of carbonyl (C=O) groups excluding carboxylic acids is 1. The van der Waals surface area contributed by atoms with Crippen molar-refractivity contribution in [3.05, 3.63) is 82.4 Å². The number of benzene rings is 3. The van der Waals surface area contributed by atoms with E-state index >= 15 is 0 Å². The van der Waals surface area contributed by atoms with E-state index in [0.29, 0.717) is 11.4 Å². The second kappa shape index (κ2) is 5.71. The molecule has 0 aromatic heterocycles. The van der Waals surface area contributed by atoms with E-state index in [0.717, 1.165) is 27.5 Å². The predicted octanol–water partition coefficient (Wildman–Crippen LogP) is 5.23. The van der Waals surface area contributed by atoms with Crippen LogP contribution in [0, 0.1) is 6.92 Å². The van der Waals surface area contributed by atoms with Crippen molar-refractivity contribution in [2.24, 2.45) is 0 Å². The summed E-state index contributed by atoms with van der Waals surface area (Å²) >= 11 is 5.88. The number of rotatable bonds is 3. The van der Waals surface area contributed by atoms with Crippen molar-refractivity contribution in [3.63, 3.8) is 0 Å². The number of ketones is 1. The van der Waals surface area contributed by atoms with E-state index in [-0.39, 0.29) is 5.78 Å². The van der Waals surface area contributed by atoms with E-state index in [1.54, 1.807) is 0 Å². The molecule has 2 heteroatoms. The first-order chi connectivity index (χ1) is 10.1. The lowest BCUT2D eigenvalue weighted by Gasteiger charge is -2.09. The molecule has 0 bridgehead atoms. The van der Waals surface area contributed by atoms with Crippen molar-refractivity contribution in [2.45, 2.75) is 13.3 Å². The minimum atomic E-state index is 0.145. The second-order valence-electron chi connectivity index (χ2n) is 5.21. The van der Waals surface area contributed by atoms with Crippen LogP contribution in [0.15, 0.2) is 60.7 Å². The fraction of sp³-hybridized carbons (Fsp3) is 0.105. The summed E-state index contributed by atoms with van der Waals surface area (Å²) in [5.41, 5.74) is 2.83. The van der Waals surface area contributed by atoms with Crippen molar-refractivity contribution in [2.75, 3.05) is 0 Å². The van der Waals surface area contributed by atoms with Crippen LogP contribution < -0.4 is 0 Å². The zero-order valence-corrected chi connectivity index (χ0v) is 12.5. The summed E-state index contributed by atoms with van der Waals surface area (Å²) in [5, 5.41) is 2.81. The van der Waals surface area contributed by atoms with E-state index in [2.05, 4.69) is 6.07 Å². The zero-order chi connectivity index (χ0) is 14.8. The summed E-state index contributed by atoms with van der Waals surface area (Å²) in [4.78, 5) is 12.7. The van der Waals surface area contributed by atoms with Gasteiger partial charge in [0.1, 0.15) is 0 Å². The minimum absolute atomic E-state index is 0.145. The molecule has 0 fully saturated rings. The third-order valence-corrected chi connectivity index (χ3v) is 3.95. The average Bonchev–Trinajstić information content (AvgIpc) is 2.49. The molecule has 0 amide bonds. The topological polar surface area (TPSA) is 17.1 Å². The molecule has 0 saturated heterocycles. The molecule has 1 nitrogen and oxygen atoms in total. The first-order valence-corrected chi connectivity index (χ1v) is 7.29. The van der Waals surface area contributed by atoms with Crippen molar-refractivity contribution >= 4 is 28.2 Å². The molecule has 0 radical (unpaired) electrons.